The molecule has 41 heavy (non-hydrogen) atoms. The van der Waals surface area contributed by atoms with Crippen LogP contribution in [0.15, 0.2) is 22.3 Å². The maximum Gasteiger partial charge on any atom is 0.331 e. The number of carboxylic acids is 1. The summed E-state index contributed by atoms with van der Waals surface area (Å²) >= 11 is 0. The number of allylic oxidation sites excluding steroid dienone is 2. The fourth-order valence-corrected chi connectivity index (χ4v) is 10.5. The molecular formula is C32H51N3O6. The highest BCUT2D eigenvalue weighted by molar-refractivity contribution is 5.89. The van der Waals surface area contributed by atoms with Gasteiger partial charge < -0.3 is 37.3 Å². The third-order valence-electron chi connectivity index (χ3n) is 12.7. The van der Waals surface area contributed by atoms with E-state index in [1.165, 1.54) is 18.1 Å². The summed E-state index contributed by atoms with van der Waals surface area (Å²) in [7, 11) is 0. The highest BCUT2D eigenvalue weighted by Crippen LogP contribution is 2.70. The van der Waals surface area contributed by atoms with Crippen molar-refractivity contribution in [3.63, 3.8) is 0 Å². The van der Waals surface area contributed by atoms with Crippen molar-refractivity contribution in [1.29, 1.82) is 0 Å². The third kappa shape index (κ3) is 4.28. The Balaban J connectivity index is 1.65. The lowest BCUT2D eigenvalue weighted by Crippen LogP contribution is -2.82. The number of hydrogen-bond acceptors (Lipinski definition) is 8. The van der Waals surface area contributed by atoms with Crippen LogP contribution in [0.25, 0.3) is 0 Å². The topological polar surface area (TPSA) is 182 Å². The van der Waals surface area contributed by atoms with Crippen molar-refractivity contribution < 1.29 is 29.6 Å². The van der Waals surface area contributed by atoms with E-state index in [2.05, 4.69) is 27.7 Å². The molecule has 9 heteroatoms. The summed E-state index contributed by atoms with van der Waals surface area (Å²) in [6, 6.07) is -0.634. The van der Waals surface area contributed by atoms with Crippen LogP contribution < -0.4 is 17.2 Å². The van der Waals surface area contributed by atoms with Crippen molar-refractivity contribution in [2.45, 2.75) is 134 Å². The van der Waals surface area contributed by atoms with Gasteiger partial charge in [-0.1, -0.05) is 25.0 Å². The van der Waals surface area contributed by atoms with Gasteiger partial charge in [0.25, 0.3) is 0 Å². The Kier molecular flexibility index (Phi) is 7.59. The minimum Gasteiger partial charge on any atom is -0.478 e. The molecule has 5 aliphatic rings. The summed E-state index contributed by atoms with van der Waals surface area (Å²) in [5.74, 6) is -2.40. The van der Waals surface area contributed by atoms with E-state index in [0.717, 1.165) is 19.3 Å². The van der Waals surface area contributed by atoms with Gasteiger partial charge in [-0.3, -0.25) is 4.79 Å². The van der Waals surface area contributed by atoms with Gasteiger partial charge in [0.1, 0.15) is 6.10 Å². The van der Waals surface area contributed by atoms with Crippen LogP contribution in [0, 0.1) is 28.6 Å². The highest BCUT2D eigenvalue weighted by Gasteiger charge is 2.74. The van der Waals surface area contributed by atoms with E-state index in [1.807, 2.05) is 0 Å². The third-order valence-corrected chi connectivity index (χ3v) is 12.7. The normalized spacial score (nSPS) is 48.9. The maximum absolute atomic E-state index is 13.1. The summed E-state index contributed by atoms with van der Waals surface area (Å²) in [5.41, 5.74) is 21.6. The number of rotatable bonds is 3. The Morgan fingerprint density at radius 3 is 2.22 bits per heavy atom. The first-order valence-electron chi connectivity index (χ1n) is 15.5. The van der Waals surface area contributed by atoms with E-state index in [0.29, 0.717) is 56.1 Å². The number of carbonyl (C=O) groups excluding carboxylic acids is 1. The average Bonchev–Trinajstić information content (AvgIpc) is 3.15. The second kappa shape index (κ2) is 10.2. The predicted octanol–water partition coefficient (Wildman–Crippen LogP) is 2.91. The quantitative estimate of drug-likeness (QED) is 0.168. The van der Waals surface area contributed by atoms with Crippen LogP contribution in [0.4, 0.5) is 0 Å². The summed E-state index contributed by atoms with van der Waals surface area (Å²) in [6.45, 7) is 9.68. The van der Waals surface area contributed by atoms with Crippen molar-refractivity contribution in [3.8, 4) is 0 Å². The SMILES string of the molecule is CC(=O)O[C@H]1C[C@@]2(C)[C@@H](C[C@@H](O)[C@@H]3[C@]2(N)CC[C@@]2(N)[C@H](N)[C@H](O)CC[C@]32C)/C1=C(/C(=O)O)C1CCCC(=C(C)C)C1. The van der Waals surface area contributed by atoms with Crippen molar-refractivity contribution in [3.05, 3.63) is 22.3 Å². The number of carbonyl (C=O) groups is 2. The largest absolute Gasteiger partial charge is 0.478 e. The highest BCUT2D eigenvalue weighted by atomic mass is 16.5. The van der Waals surface area contributed by atoms with Crippen LogP contribution in [-0.4, -0.2) is 62.7 Å². The van der Waals surface area contributed by atoms with E-state index in [9.17, 15) is 24.9 Å². The zero-order chi connectivity index (χ0) is 30.3. The molecule has 0 aromatic carbocycles. The number of nitrogens with two attached hydrogens (primary N) is 3. The molecule has 0 aromatic heterocycles. The number of esters is 1. The van der Waals surface area contributed by atoms with Crippen molar-refractivity contribution in [2.75, 3.05) is 0 Å². The van der Waals surface area contributed by atoms with Gasteiger partial charge in [0, 0.05) is 35.5 Å². The number of carboxylic acid groups (broad SMARTS) is 1. The van der Waals surface area contributed by atoms with Gasteiger partial charge in [-0.25, -0.2) is 4.79 Å². The minimum absolute atomic E-state index is 0.191. The molecule has 0 saturated heterocycles. The first-order chi connectivity index (χ1) is 19.0. The molecule has 5 saturated carbocycles. The Labute approximate surface area is 243 Å². The van der Waals surface area contributed by atoms with Crippen molar-refractivity contribution in [1.82, 2.24) is 0 Å². The maximum atomic E-state index is 13.1. The van der Waals surface area contributed by atoms with Crippen LogP contribution in [0.1, 0.15) is 98.8 Å². The summed E-state index contributed by atoms with van der Waals surface area (Å²) in [4.78, 5) is 25.5. The Hall–Kier alpha value is -1.78. The molecule has 0 heterocycles. The Morgan fingerprint density at radius 1 is 0.951 bits per heavy atom. The van der Waals surface area contributed by atoms with Gasteiger partial charge in [0.05, 0.1) is 12.2 Å². The van der Waals surface area contributed by atoms with E-state index in [4.69, 9.17) is 21.9 Å². The molecule has 1 unspecified atom stereocenters. The van der Waals surface area contributed by atoms with Gasteiger partial charge in [0.2, 0.25) is 0 Å². The van der Waals surface area contributed by atoms with Crippen molar-refractivity contribution in [2.24, 2.45) is 45.8 Å². The zero-order valence-electron chi connectivity index (χ0n) is 25.4. The number of aliphatic hydroxyl groups is 2. The second-order valence-corrected chi connectivity index (χ2v) is 14.8. The van der Waals surface area contributed by atoms with Crippen LogP contribution in [-0.2, 0) is 14.3 Å². The van der Waals surface area contributed by atoms with E-state index in [1.54, 1.807) is 0 Å². The molecule has 0 bridgehead atoms. The predicted molar refractivity (Wildman–Crippen MR) is 155 cm³/mol. The van der Waals surface area contributed by atoms with Gasteiger partial charge in [0.15, 0.2) is 0 Å². The molecule has 11 atom stereocenters. The number of aliphatic carboxylic acids is 1. The van der Waals surface area contributed by atoms with Gasteiger partial charge in [-0.2, -0.15) is 0 Å². The molecule has 5 rings (SSSR count). The van der Waals surface area contributed by atoms with E-state index in [-0.39, 0.29) is 11.8 Å². The fraction of sp³-hybridized carbons (Fsp3) is 0.812. The molecule has 0 amide bonds. The molecule has 0 aliphatic heterocycles. The molecule has 9 nitrogen and oxygen atoms in total. The fourth-order valence-electron chi connectivity index (χ4n) is 10.5. The molecule has 0 spiro atoms. The number of hydrogen-bond donors (Lipinski definition) is 6. The lowest BCUT2D eigenvalue weighted by molar-refractivity contribution is -0.201. The minimum atomic E-state index is -0.979. The summed E-state index contributed by atoms with van der Waals surface area (Å²) < 4.78 is 5.93. The monoisotopic (exact) mass is 573 g/mol. The molecular weight excluding hydrogens is 522 g/mol. The first kappa shape index (κ1) is 30.7. The first-order valence-corrected chi connectivity index (χ1v) is 15.5. The Bertz CT molecular complexity index is 1180. The standard InChI is InChI=1S/C32H51N3O6/c1-16(2)18-7-6-8-19(13-18)24(28(39)40)25-20-14-22(38)26-29(4)10-9-21(37)27(33)32(29,35)12-11-31(26,34)30(20,5)15-23(25)41-17(3)36/h19-23,26-27,37-38H,6-15,33-35H2,1-5H3,(H,39,40)/b25-24-/t19?,20-,21+,22+,23-,26-,27+,29+,30-,31+,32+/m0/s1. The molecule has 9 N–H and O–H groups in total. The second-order valence-electron chi connectivity index (χ2n) is 14.8. The Morgan fingerprint density at radius 2 is 1.61 bits per heavy atom. The van der Waals surface area contributed by atoms with Gasteiger partial charge in [-0.05, 0) is 106 Å². The number of fused-ring (bicyclic) bond motifs is 5. The molecule has 0 radical (unpaired) electrons. The van der Waals surface area contributed by atoms with Crippen LogP contribution >= 0.6 is 0 Å². The van der Waals surface area contributed by atoms with Crippen molar-refractivity contribution >= 4 is 11.9 Å². The van der Waals surface area contributed by atoms with E-state index >= 15 is 0 Å². The zero-order valence-corrected chi connectivity index (χ0v) is 25.4. The number of aliphatic hydroxyl groups excluding tert-OH is 2. The molecule has 5 fully saturated rings. The molecule has 0 aromatic rings. The lowest BCUT2D eigenvalue weighted by Gasteiger charge is -2.71. The van der Waals surface area contributed by atoms with E-state index < -0.39 is 64.1 Å². The van der Waals surface area contributed by atoms with Gasteiger partial charge >= 0.3 is 11.9 Å². The molecule has 230 valence electrons. The van der Waals surface area contributed by atoms with Crippen LogP contribution in [0.5, 0.6) is 0 Å². The van der Waals surface area contributed by atoms with Gasteiger partial charge in [-0.15, -0.1) is 0 Å². The van der Waals surface area contributed by atoms with Crippen LogP contribution in [0.3, 0.4) is 0 Å². The molecule has 5 aliphatic carbocycles. The van der Waals surface area contributed by atoms with Crippen LogP contribution in [0.2, 0.25) is 0 Å². The summed E-state index contributed by atoms with van der Waals surface area (Å²) in [5, 5.41) is 33.4. The lowest BCUT2D eigenvalue weighted by atomic mass is 9.37. The summed E-state index contributed by atoms with van der Waals surface area (Å²) in [6.07, 6.45) is 3.77. The average molecular weight is 574 g/mol. The smallest absolute Gasteiger partial charge is 0.331 e. The number of ether oxygens (including phenoxy) is 1.